The van der Waals surface area contributed by atoms with Crippen molar-refractivity contribution in [3.8, 4) is 0 Å². The van der Waals surface area contributed by atoms with Crippen LogP contribution in [0.4, 0.5) is 0 Å². The fourth-order valence-electron chi connectivity index (χ4n) is 3.97. The van der Waals surface area contributed by atoms with E-state index < -0.39 is 0 Å². The summed E-state index contributed by atoms with van der Waals surface area (Å²) in [5.74, 6) is 2.48. The van der Waals surface area contributed by atoms with E-state index in [1.54, 1.807) is 6.26 Å². The predicted octanol–water partition coefficient (Wildman–Crippen LogP) is 5.02. The molecule has 17 heavy (non-hydrogen) atoms. The van der Waals surface area contributed by atoms with E-state index in [2.05, 4.69) is 41.2 Å². The van der Waals surface area contributed by atoms with Gasteiger partial charge in [0.15, 0.2) is 0 Å². The molecule has 0 spiro atoms. The van der Waals surface area contributed by atoms with Gasteiger partial charge in [0.2, 0.25) is 0 Å². The van der Waals surface area contributed by atoms with E-state index in [4.69, 9.17) is 4.74 Å². The van der Waals surface area contributed by atoms with E-state index >= 15 is 0 Å². The van der Waals surface area contributed by atoms with Gasteiger partial charge in [-0.15, -0.1) is 0 Å². The van der Waals surface area contributed by atoms with Crippen molar-refractivity contribution >= 4 is 0 Å². The summed E-state index contributed by atoms with van der Waals surface area (Å²) in [6.07, 6.45) is 7.08. The zero-order chi connectivity index (χ0) is 13.1. The molecule has 0 amide bonds. The van der Waals surface area contributed by atoms with Crippen LogP contribution in [0.2, 0.25) is 0 Å². The first-order valence-electron chi connectivity index (χ1n) is 7.12. The highest BCUT2D eigenvalue weighted by Gasteiger charge is 2.36. The molecule has 1 fully saturated rings. The number of ether oxygens (including phenoxy) is 1. The van der Waals surface area contributed by atoms with Crippen LogP contribution in [0.5, 0.6) is 0 Å². The van der Waals surface area contributed by atoms with Crippen LogP contribution < -0.4 is 0 Å². The molecular formula is C16H30O. The van der Waals surface area contributed by atoms with Crippen LogP contribution in [0.15, 0.2) is 12.8 Å². The molecule has 100 valence electrons. The van der Waals surface area contributed by atoms with Crippen molar-refractivity contribution < 1.29 is 4.74 Å². The molecule has 0 aliphatic heterocycles. The zero-order valence-corrected chi connectivity index (χ0v) is 12.3. The van der Waals surface area contributed by atoms with Gasteiger partial charge in [0.25, 0.3) is 0 Å². The van der Waals surface area contributed by atoms with Crippen LogP contribution in [0.1, 0.15) is 60.3 Å². The fraction of sp³-hybridized carbons (Fsp3) is 0.875. The summed E-state index contributed by atoms with van der Waals surface area (Å²) in [5.41, 5.74) is 0.422. The van der Waals surface area contributed by atoms with Gasteiger partial charge in [-0.3, -0.25) is 0 Å². The first-order valence-corrected chi connectivity index (χ1v) is 7.12. The van der Waals surface area contributed by atoms with Crippen LogP contribution in [0.25, 0.3) is 0 Å². The molecule has 0 heterocycles. The fourth-order valence-corrected chi connectivity index (χ4v) is 3.97. The van der Waals surface area contributed by atoms with Gasteiger partial charge < -0.3 is 4.74 Å². The molecule has 0 aromatic rings. The molecule has 1 atom stereocenters. The van der Waals surface area contributed by atoms with Crippen molar-refractivity contribution in [3.63, 3.8) is 0 Å². The molecule has 1 heteroatoms. The van der Waals surface area contributed by atoms with E-state index in [0.717, 1.165) is 17.8 Å². The molecule has 0 radical (unpaired) electrons. The van der Waals surface area contributed by atoms with Crippen molar-refractivity contribution in [2.45, 2.75) is 66.4 Å². The lowest BCUT2D eigenvalue weighted by Crippen LogP contribution is -2.35. The molecule has 1 aliphatic rings. The minimum Gasteiger partial charge on any atom is -0.499 e. The van der Waals surface area contributed by atoms with E-state index in [1.807, 2.05) is 0 Å². The first-order chi connectivity index (χ1) is 7.86. The highest BCUT2D eigenvalue weighted by atomic mass is 16.5. The summed E-state index contributed by atoms with van der Waals surface area (Å²) in [6.45, 7) is 15.6. The van der Waals surface area contributed by atoms with Gasteiger partial charge in [-0.1, -0.05) is 41.2 Å². The second kappa shape index (κ2) is 5.93. The highest BCUT2D eigenvalue weighted by Crippen LogP contribution is 2.44. The summed E-state index contributed by atoms with van der Waals surface area (Å²) in [4.78, 5) is 0. The first kappa shape index (κ1) is 14.6. The topological polar surface area (TPSA) is 9.23 Å². The standard InChI is InChI=1S/C16H30O/c1-7-17-14-10-8-13(9-11-14)15(12(2)3)16(4,5)6/h7,12-15H,1,8-11H2,2-6H3. The molecule has 0 aromatic carbocycles. The minimum atomic E-state index is 0.422. The van der Waals surface area contributed by atoms with Crippen molar-refractivity contribution in [3.05, 3.63) is 12.8 Å². The Morgan fingerprint density at radius 2 is 1.65 bits per heavy atom. The Bertz CT molecular complexity index is 228. The molecule has 1 saturated carbocycles. The quantitative estimate of drug-likeness (QED) is 0.625. The van der Waals surface area contributed by atoms with Crippen molar-refractivity contribution in [2.75, 3.05) is 0 Å². The molecule has 1 unspecified atom stereocenters. The number of rotatable bonds is 4. The van der Waals surface area contributed by atoms with Crippen LogP contribution in [0.3, 0.4) is 0 Å². The van der Waals surface area contributed by atoms with E-state index in [1.165, 1.54) is 25.7 Å². The molecule has 1 aliphatic carbocycles. The number of hydrogen-bond acceptors (Lipinski definition) is 1. The second-order valence-electron chi connectivity index (χ2n) is 6.98. The largest absolute Gasteiger partial charge is 0.499 e. The van der Waals surface area contributed by atoms with Crippen molar-refractivity contribution in [1.29, 1.82) is 0 Å². The Hall–Kier alpha value is -0.460. The average molecular weight is 238 g/mol. The summed E-state index contributed by atoms with van der Waals surface area (Å²) < 4.78 is 5.52. The predicted molar refractivity (Wildman–Crippen MR) is 74.8 cm³/mol. The maximum absolute atomic E-state index is 5.52. The summed E-state index contributed by atoms with van der Waals surface area (Å²) in [7, 11) is 0. The van der Waals surface area contributed by atoms with Gasteiger partial charge in [0.05, 0.1) is 12.4 Å². The van der Waals surface area contributed by atoms with Gasteiger partial charge in [-0.25, -0.2) is 0 Å². The molecule has 0 saturated heterocycles. The minimum absolute atomic E-state index is 0.422. The lowest BCUT2D eigenvalue weighted by Gasteiger charge is -2.43. The number of hydrogen-bond donors (Lipinski definition) is 0. The van der Waals surface area contributed by atoms with Gasteiger partial charge in [0.1, 0.15) is 0 Å². The van der Waals surface area contributed by atoms with Crippen LogP contribution in [0, 0.1) is 23.2 Å². The third-order valence-corrected chi connectivity index (χ3v) is 4.23. The lowest BCUT2D eigenvalue weighted by atomic mass is 9.63. The van der Waals surface area contributed by atoms with Gasteiger partial charge in [-0.2, -0.15) is 0 Å². The summed E-state index contributed by atoms with van der Waals surface area (Å²) >= 11 is 0. The molecule has 0 N–H and O–H groups in total. The van der Waals surface area contributed by atoms with Crippen molar-refractivity contribution in [1.82, 2.24) is 0 Å². The zero-order valence-electron chi connectivity index (χ0n) is 12.3. The molecule has 1 rings (SSSR count). The molecule has 1 nitrogen and oxygen atoms in total. The highest BCUT2D eigenvalue weighted by molar-refractivity contribution is 4.86. The molecule has 0 aromatic heterocycles. The third kappa shape index (κ3) is 4.04. The Labute approximate surface area is 108 Å². The van der Waals surface area contributed by atoms with Crippen LogP contribution >= 0.6 is 0 Å². The third-order valence-electron chi connectivity index (χ3n) is 4.23. The Morgan fingerprint density at radius 3 is 2.00 bits per heavy atom. The van der Waals surface area contributed by atoms with Gasteiger partial charge in [0, 0.05) is 0 Å². The SMILES string of the molecule is C=COC1CCC(C(C(C)C)C(C)(C)C)CC1. The summed E-state index contributed by atoms with van der Waals surface area (Å²) in [6, 6.07) is 0. The van der Waals surface area contributed by atoms with Gasteiger partial charge in [-0.05, 0) is 48.9 Å². The average Bonchev–Trinajstić information content (AvgIpc) is 2.18. The maximum Gasteiger partial charge on any atom is 0.0978 e. The monoisotopic (exact) mass is 238 g/mol. The maximum atomic E-state index is 5.52. The van der Waals surface area contributed by atoms with E-state index in [-0.39, 0.29) is 0 Å². The Morgan fingerprint density at radius 1 is 1.12 bits per heavy atom. The summed E-state index contributed by atoms with van der Waals surface area (Å²) in [5, 5.41) is 0. The normalized spacial score (nSPS) is 27.9. The molecule has 0 bridgehead atoms. The van der Waals surface area contributed by atoms with Crippen molar-refractivity contribution in [2.24, 2.45) is 23.2 Å². The molecular weight excluding hydrogens is 208 g/mol. The smallest absolute Gasteiger partial charge is 0.0978 e. The van der Waals surface area contributed by atoms with Gasteiger partial charge >= 0.3 is 0 Å². The van der Waals surface area contributed by atoms with Crippen LogP contribution in [-0.2, 0) is 4.74 Å². The Kier molecular flexibility index (Phi) is 5.09. The van der Waals surface area contributed by atoms with Crippen LogP contribution in [-0.4, -0.2) is 6.10 Å². The van der Waals surface area contributed by atoms with E-state index in [0.29, 0.717) is 11.5 Å². The Balaban J connectivity index is 2.58. The second-order valence-corrected chi connectivity index (χ2v) is 6.98. The lowest BCUT2D eigenvalue weighted by molar-refractivity contribution is 0.0306. The van der Waals surface area contributed by atoms with E-state index in [9.17, 15) is 0 Å².